The van der Waals surface area contributed by atoms with Crippen LogP contribution in [0.1, 0.15) is 25.5 Å². The summed E-state index contributed by atoms with van der Waals surface area (Å²) < 4.78 is 12.8. The fraction of sp³-hybridized carbons (Fsp3) is 0.417. The highest BCUT2D eigenvalue weighted by Crippen LogP contribution is 2.24. The molecule has 94 valence electrons. The topological polar surface area (TPSA) is 61.4 Å². The van der Waals surface area contributed by atoms with E-state index in [2.05, 4.69) is 10.6 Å². The molecule has 5 heteroatoms. The first-order valence-electron chi connectivity index (χ1n) is 5.53. The van der Waals surface area contributed by atoms with Crippen molar-refractivity contribution in [3.8, 4) is 5.75 Å². The van der Waals surface area contributed by atoms with Crippen LogP contribution in [0.2, 0.25) is 0 Å². The number of carbonyl (C=O) groups is 1. The molecule has 0 radical (unpaired) electrons. The minimum absolute atomic E-state index is 0.110. The van der Waals surface area contributed by atoms with Crippen LogP contribution in [0, 0.1) is 5.82 Å². The lowest BCUT2D eigenvalue weighted by molar-refractivity contribution is -0.120. The van der Waals surface area contributed by atoms with E-state index in [4.69, 9.17) is 0 Å². The Hall–Kier alpha value is -1.62. The molecule has 0 spiro atoms. The van der Waals surface area contributed by atoms with E-state index in [1.54, 1.807) is 6.92 Å². The van der Waals surface area contributed by atoms with Gasteiger partial charge in [-0.15, -0.1) is 0 Å². The van der Waals surface area contributed by atoms with Gasteiger partial charge in [-0.25, -0.2) is 4.39 Å². The largest absolute Gasteiger partial charge is 0.508 e. The molecule has 1 rings (SSSR count). The predicted octanol–water partition coefficient (Wildman–Crippen LogP) is 1.32. The molecule has 0 heterocycles. The summed E-state index contributed by atoms with van der Waals surface area (Å²) in [7, 11) is 0. The molecule has 1 aromatic rings. The molecule has 1 unspecified atom stereocenters. The highest BCUT2D eigenvalue weighted by molar-refractivity contribution is 5.77. The summed E-state index contributed by atoms with van der Waals surface area (Å²) in [6.07, 6.45) is 0. The van der Waals surface area contributed by atoms with Crippen molar-refractivity contribution in [1.82, 2.24) is 10.6 Å². The number of amides is 1. The summed E-state index contributed by atoms with van der Waals surface area (Å²) in [6.45, 7) is 4.38. The molecule has 0 bridgehead atoms. The zero-order valence-electron chi connectivity index (χ0n) is 9.96. The molecular formula is C12H17FN2O2. The number of phenols is 1. The first kappa shape index (κ1) is 13.4. The minimum atomic E-state index is -0.484. The fourth-order valence-electron chi connectivity index (χ4n) is 1.50. The second kappa shape index (κ2) is 6.20. The summed E-state index contributed by atoms with van der Waals surface area (Å²) in [5.41, 5.74) is 0.565. The van der Waals surface area contributed by atoms with Crippen LogP contribution in [-0.4, -0.2) is 24.1 Å². The van der Waals surface area contributed by atoms with Gasteiger partial charge in [0.1, 0.15) is 11.6 Å². The van der Waals surface area contributed by atoms with Crippen LogP contribution >= 0.6 is 0 Å². The SMILES string of the molecule is CCNC(=O)CNC(C)c1ccc(F)cc1O. The summed E-state index contributed by atoms with van der Waals surface area (Å²) in [4.78, 5) is 11.2. The lowest BCUT2D eigenvalue weighted by Crippen LogP contribution is -2.34. The molecule has 0 aliphatic carbocycles. The van der Waals surface area contributed by atoms with Crippen molar-refractivity contribution < 1.29 is 14.3 Å². The van der Waals surface area contributed by atoms with Gasteiger partial charge >= 0.3 is 0 Å². The first-order valence-corrected chi connectivity index (χ1v) is 5.53. The number of hydrogen-bond donors (Lipinski definition) is 3. The zero-order valence-corrected chi connectivity index (χ0v) is 9.96. The van der Waals surface area contributed by atoms with Gasteiger partial charge in [0, 0.05) is 24.2 Å². The first-order chi connectivity index (χ1) is 8.04. The third-order valence-electron chi connectivity index (χ3n) is 2.40. The third-order valence-corrected chi connectivity index (χ3v) is 2.40. The number of nitrogens with one attached hydrogen (secondary N) is 2. The van der Waals surface area contributed by atoms with Gasteiger partial charge in [-0.2, -0.15) is 0 Å². The quantitative estimate of drug-likeness (QED) is 0.727. The minimum Gasteiger partial charge on any atom is -0.508 e. The van der Waals surface area contributed by atoms with Crippen molar-refractivity contribution >= 4 is 5.91 Å². The zero-order chi connectivity index (χ0) is 12.8. The van der Waals surface area contributed by atoms with Crippen LogP contribution in [0.5, 0.6) is 5.75 Å². The molecule has 3 N–H and O–H groups in total. The van der Waals surface area contributed by atoms with Crippen molar-refractivity contribution in [3.63, 3.8) is 0 Å². The number of benzene rings is 1. The van der Waals surface area contributed by atoms with E-state index in [0.29, 0.717) is 12.1 Å². The molecule has 0 aliphatic heterocycles. The molecule has 4 nitrogen and oxygen atoms in total. The Kier molecular flexibility index (Phi) is 4.90. The number of phenolic OH excluding ortho intramolecular Hbond substituents is 1. The Labute approximate surface area is 99.8 Å². The van der Waals surface area contributed by atoms with Gasteiger partial charge in [-0.3, -0.25) is 4.79 Å². The molecule has 1 atom stereocenters. The van der Waals surface area contributed by atoms with Gasteiger partial charge in [-0.05, 0) is 19.9 Å². The molecule has 1 aromatic carbocycles. The van der Waals surface area contributed by atoms with Crippen molar-refractivity contribution in [2.45, 2.75) is 19.9 Å². The fourth-order valence-corrected chi connectivity index (χ4v) is 1.50. The van der Waals surface area contributed by atoms with E-state index in [0.717, 1.165) is 6.07 Å². The normalized spacial score (nSPS) is 12.2. The van der Waals surface area contributed by atoms with Gasteiger partial charge < -0.3 is 15.7 Å². The number of halogens is 1. The highest BCUT2D eigenvalue weighted by Gasteiger charge is 2.11. The summed E-state index contributed by atoms with van der Waals surface area (Å²) in [5, 5.41) is 15.2. The Morgan fingerprint density at radius 1 is 1.53 bits per heavy atom. The van der Waals surface area contributed by atoms with Gasteiger partial charge in [0.15, 0.2) is 0 Å². The van der Waals surface area contributed by atoms with Crippen LogP contribution in [-0.2, 0) is 4.79 Å². The van der Waals surface area contributed by atoms with E-state index < -0.39 is 5.82 Å². The number of rotatable bonds is 5. The van der Waals surface area contributed by atoms with Gasteiger partial charge in [0.25, 0.3) is 0 Å². The highest BCUT2D eigenvalue weighted by atomic mass is 19.1. The molecule has 0 aromatic heterocycles. The monoisotopic (exact) mass is 240 g/mol. The van der Waals surface area contributed by atoms with E-state index in [1.165, 1.54) is 12.1 Å². The van der Waals surface area contributed by atoms with Crippen LogP contribution in [0.3, 0.4) is 0 Å². The number of likely N-dealkylation sites (N-methyl/N-ethyl adjacent to an activating group) is 1. The average molecular weight is 240 g/mol. The predicted molar refractivity (Wildman–Crippen MR) is 63.2 cm³/mol. The van der Waals surface area contributed by atoms with Crippen LogP contribution in [0.15, 0.2) is 18.2 Å². The Bertz CT molecular complexity index is 396. The molecule has 17 heavy (non-hydrogen) atoms. The third kappa shape index (κ3) is 4.03. The summed E-state index contributed by atoms with van der Waals surface area (Å²) in [6, 6.07) is 3.61. The number of carbonyl (C=O) groups excluding carboxylic acids is 1. The molecule has 1 amide bonds. The summed E-state index contributed by atoms with van der Waals surface area (Å²) in [5.74, 6) is -0.705. The molecular weight excluding hydrogens is 223 g/mol. The van der Waals surface area contributed by atoms with E-state index in [-0.39, 0.29) is 24.2 Å². The lowest BCUT2D eigenvalue weighted by atomic mass is 10.1. The second-order valence-corrected chi connectivity index (χ2v) is 3.76. The maximum Gasteiger partial charge on any atom is 0.233 e. The number of hydrogen-bond acceptors (Lipinski definition) is 3. The Morgan fingerprint density at radius 2 is 2.24 bits per heavy atom. The maximum absolute atomic E-state index is 12.8. The van der Waals surface area contributed by atoms with Crippen molar-refractivity contribution in [1.29, 1.82) is 0 Å². The maximum atomic E-state index is 12.8. The van der Waals surface area contributed by atoms with Crippen LogP contribution < -0.4 is 10.6 Å². The van der Waals surface area contributed by atoms with E-state index in [9.17, 15) is 14.3 Å². The second-order valence-electron chi connectivity index (χ2n) is 3.76. The molecule has 0 fully saturated rings. The van der Waals surface area contributed by atoms with Crippen molar-refractivity contribution in [2.24, 2.45) is 0 Å². The van der Waals surface area contributed by atoms with Gasteiger partial charge in [0.2, 0.25) is 5.91 Å². The Balaban J connectivity index is 2.57. The standard InChI is InChI=1S/C12H17FN2O2/c1-3-14-12(17)7-15-8(2)10-5-4-9(13)6-11(10)16/h4-6,8,15-16H,3,7H2,1-2H3,(H,14,17). The van der Waals surface area contributed by atoms with Crippen LogP contribution in [0.4, 0.5) is 4.39 Å². The molecule has 0 saturated heterocycles. The average Bonchev–Trinajstić information content (AvgIpc) is 2.26. The van der Waals surface area contributed by atoms with Crippen molar-refractivity contribution in [2.75, 3.05) is 13.1 Å². The van der Waals surface area contributed by atoms with E-state index >= 15 is 0 Å². The lowest BCUT2D eigenvalue weighted by Gasteiger charge is -2.15. The van der Waals surface area contributed by atoms with Crippen LogP contribution in [0.25, 0.3) is 0 Å². The molecule has 0 aliphatic rings. The van der Waals surface area contributed by atoms with Gasteiger partial charge in [0.05, 0.1) is 6.54 Å². The molecule has 0 saturated carbocycles. The van der Waals surface area contributed by atoms with Crippen molar-refractivity contribution in [3.05, 3.63) is 29.6 Å². The smallest absolute Gasteiger partial charge is 0.233 e. The summed E-state index contributed by atoms with van der Waals surface area (Å²) >= 11 is 0. The number of aromatic hydroxyl groups is 1. The van der Waals surface area contributed by atoms with E-state index in [1.807, 2.05) is 6.92 Å². The van der Waals surface area contributed by atoms with Gasteiger partial charge in [-0.1, -0.05) is 6.07 Å². The Morgan fingerprint density at radius 3 is 2.82 bits per heavy atom.